The number of methoxy groups -OCH3 is 2. The van der Waals surface area contributed by atoms with Gasteiger partial charge in [0.2, 0.25) is 0 Å². The third kappa shape index (κ3) is 2.62. The van der Waals surface area contributed by atoms with E-state index in [1.54, 1.807) is 30.3 Å². The molecule has 4 nitrogen and oxygen atoms in total. The Kier molecular flexibility index (Phi) is 4.60. The van der Waals surface area contributed by atoms with Crippen molar-refractivity contribution in [3.63, 3.8) is 0 Å². The first-order valence-corrected chi connectivity index (χ1v) is 6.50. The van der Waals surface area contributed by atoms with Crippen LogP contribution in [0.1, 0.15) is 20.7 Å². The van der Waals surface area contributed by atoms with Crippen molar-refractivity contribution in [2.24, 2.45) is 0 Å². The summed E-state index contributed by atoms with van der Waals surface area (Å²) in [5, 5.41) is 0.281. The van der Waals surface area contributed by atoms with Crippen LogP contribution in [-0.2, 0) is 0 Å². The van der Waals surface area contributed by atoms with Crippen LogP contribution in [0.15, 0.2) is 30.3 Å². The van der Waals surface area contributed by atoms with Crippen LogP contribution in [0.5, 0.6) is 11.5 Å². The molecule has 5 heteroatoms. The Morgan fingerprint density at radius 2 is 1.57 bits per heavy atom. The Balaban J connectivity index is 2.92. The van der Waals surface area contributed by atoms with E-state index in [-0.39, 0.29) is 10.6 Å². The quantitative estimate of drug-likeness (QED) is 0.791. The van der Waals surface area contributed by atoms with Crippen molar-refractivity contribution >= 4 is 24.2 Å². The fourth-order valence-corrected chi connectivity index (χ4v) is 2.40. The number of rotatable bonds is 5. The summed E-state index contributed by atoms with van der Waals surface area (Å²) in [5.41, 5.74) is 1.57. The number of carbonyl (C=O) groups excluding carboxylic acids is 2. The van der Waals surface area contributed by atoms with Crippen LogP contribution in [0.4, 0.5) is 0 Å². The third-order valence-electron chi connectivity index (χ3n) is 3.15. The van der Waals surface area contributed by atoms with Gasteiger partial charge < -0.3 is 9.47 Å². The molecule has 2 rings (SSSR count). The van der Waals surface area contributed by atoms with E-state index in [2.05, 4.69) is 0 Å². The molecule has 0 bridgehead atoms. The van der Waals surface area contributed by atoms with Gasteiger partial charge in [0.15, 0.2) is 12.6 Å². The predicted octanol–water partition coefficient (Wildman–Crippen LogP) is 3.65. The van der Waals surface area contributed by atoms with E-state index >= 15 is 0 Å². The first kappa shape index (κ1) is 15.1. The van der Waals surface area contributed by atoms with E-state index in [1.165, 1.54) is 14.2 Å². The summed E-state index contributed by atoms with van der Waals surface area (Å²) in [6.07, 6.45) is 1.34. The fourth-order valence-electron chi connectivity index (χ4n) is 2.20. The summed E-state index contributed by atoms with van der Waals surface area (Å²) in [5.74, 6) is 0.900. The van der Waals surface area contributed by atoms with Gasteiger partial charge in [-0.25, -0.2) is 0 Å². The normalized spacial score (nSPS) is 10.0. The summed E-state index contributed by atoms with van der Waals surface area (Å²) in [7, 11) is 2.97. The Morgan fingerprint density at radius 3 is 2.14 bits per heavy atom. The second-order valence-corrected chi connectivity index (χ2v) is 4.61. The second kappa shape index (κ2) is 6.41. The maximum atomic E-state index is 11.4. The molecule has 0 unspecified atom stereocenters. The number of ether oxygens (including phenoxy) is 2. The molecule has 0 heterocycles. The third-order valence-corrected chi connectivity index (χ3v) is 3.48. The van der Waals surface area contributed by atoms with Crippen LogP contribution in [0.25, 0.3) is 11.1 Å². The van der Waals surface area contributed by atoms with Gasteiger partial charge in [-0.15, -0.1) is 0 Å². The van der Waals surface area contributed by atoms with Gasteiger partial charge in [0.25, 0.3) is 0 Å². The van der Waals surface area contributed by atoms with Gasteiger partial charge in [0.1, 0.15) is 11.5 Å². The molecule has 0 spiro atoms. The number of hydrogen-bond acceptors (Lipinski definition) is 4. The standard InChI is InChI=1S/C16H13ClO4/c1-20-13-5-3-4-10(8-18)15(13)16-11(9-19)12(17)6-7-14(16)21-2/h3-9H,1-2H3. The van der Waals surface area contributed by atoms with Crippen molar-refractivity contribution in [3.8, 4) is 22.6 Å². The first-order valence-electron chi connectivity index (χ1n) is 6.12. The molecule has 0 saturated carbocycles. The molecule has 0 radical (unpaired) electrons. The highest BCUT2D eigenvalue weighted by molar-refractivity contribution is 6.34. The predicted molar refractivity (Wildman–Crippen MR) is 80.8 cm³/mol. The summed E-state index contributed by atoms with van der Waals surface area (Å²) >= 11 is 6.08. The van der Waals surface area contributed by atoms with E-state index in [4.69, 9.17) is 21.1 Å². The molecule has 0 atom stereocenters. The molecular weight excluding hydrogens is 292 g/mol. The lowest BCUT2D eigenvalue weighted by molar-refractivity contribution is 0.111. The molecule has 0 N–H and O–H groups in total. The molecule has 0 fully saturated rings. The second-order valence-electron chi connectivity index (χ2n) is 4.20. The minimum Gasteiger partial charge on any atom is -0.496 e. The zero-order valence-corrected chi connectivity index (χ0v) is 12.3. The van der Waals surface area contributed by atoms with Crippen LogP contribution in [-0.4, -0.2) is 26.8 Å². The lowest BCUT2D eigenvalue weighted by Gasteiger charge is -2.16. The van der Waals surface area contributed by atoms with Gasteiger partial charge in [-0.2, -0.15) is 0 Å². The van der Waals surface area contributed by atoms with Crippen LogP contribution in [0.3, 0.4) is 0 Å². The largest absolute Gasteiger partial charge is 0.496 e. The SMILES string of the molecule is COc1cccc(C=O)c1-c1c(OC)ccc(Cl)c1C=O. The summed E-state index contributed by atoms with van der Waals surface area (Å²) in [6.45, 7) is 0. The lowest BCUT2D eigenvalue weighted by Crippen LogP contribution is -2.00. The highest BCUT2D eigenvalue weighted by Gasteiger charge is 2.21. The van der Waals surface area contributed by atoms with Crippen molar-refractivity contribution < 1.29 is 19.1 Å². The Hall–Kier alpha value is -2.33. The molecular formula is C16H13ClO4. The van der Waals surface area contributed by atoms with E-state index in [0.717, 1.165) is 0 Å². The molecule has 21 heavy (non-hydrogen) atoms. The van der Waals surface area contributed by atoms with Crippen LogP contribution in [0.2, 0.25) is 5.02 Å². The fraction of sp³-hybridized carbons (Fsp3) is 0.125. The Labute approximate surface area is 127 Å². The van der Waals surface area contributed by atoms with Crippen molar-refractivity contribution in [3.05, 3.63) is 46.5 Å². The van der Waals surface area contributed by atoms with Gasteiger partial charge >= 0.3 is 0 Å². The van der Waals surface area contributed by atoms with E-state index < -0.39 is 0 Å². The molecule has 2 aromatic rings. The maximum absolute atomic E-state index is 11.4. The monoisotopic (exact) mass is 304 g/mol. The van der Waals surface area contributed by atoms with Crippen molar-refractivity contribution in [2.75, 3.05) is 14.2 Å². The molecule has 0 aromatic heterocycles. The van der Waals surface area contributed by atoms with Crippen LogP contribution >= 0.6 is 11.6 Å². The topological polar surface area (TPSA) is 52.6 Å². The highest BCUT2D eigenvalue weighted by atomic mass is 35.5. The molecule has 108 valence electrons. The summed E-state index contributed by atoms with van der Waals surface area (Å²) in [4.78, 5) is 22.8. The maximum Gasteiger partial charge on any atom is 0.152 e. The van der Waals surface area contributed by atoms with Crippen molar-refractivity contribution in [1.82, 2.24) is 0 Å². The van der Waals surface area contributed by atoms with E-state index in [9.17, 15) is 9.59 Å². The Bertz CT molecular complexity index is 695. The molecule has 0 amide bonds. The average molecular weight is 305 g/mol. The van der Waals surface area contributed by atoms with Crippen LogP contribution in [0, 0.1) is 0 Å². The molecule has 0 aliphatic heterocycles. The summed E-state index contributed by atoms with van der Waals surface area (Å²) in [6, 6.07) is 8.26. The van der Waals surface area contributed by atoms with Gasteiger partial charge in [0.05, 0.1) is 19.2 Å². The van der Waals surface area contributed by atoms with E-state index in [1.807, 2.05) is 0 Å². The van der Waals surface area contributed by atoms with Crippen molar-refractivity contribution in [1.29, 1.82) is 0 Å². The smallest absolute Gasteiger partial charge is 0.152 e. The van der Waals surface area contributed by atoms with Crippen LogP contribution < -0.4 is 9.47 Å². The lowest BCUT2D eigenvalue weighted by atomic mass is 9.94. The summed E-state index contributed by atoms with van der Waals surface area (Å²) < 4.78 is 10.6. The van der Waals surface area contributed by atoms with Gasteiger partial charge in [-0.05, 0) is 18.2 Å². The minimum absolute atomic E-state index is 0.253. The average Bonchev–Trinajstić information content (AvgIpc) is 2.53. The van der Waals surface area contributed by atoms with Gasteiger partial charge in [-0.3, -0.25) is 9.59 Å². The Morgan fingerprint density at radius 1 is 0.905 bits per heavy atom. The number of carbonyl (C=O) groups is 2. The molecule has 2 aromatic carbocycles. The highest BCUT2D eigenvalue weighted by Crippen LogP contribution is 2.42. The number of halogens is 1. The van der Waals surface area contributed by atoms with Crippen molar-refractivity contribution in [2.45, 2.75) is 0 Å². The minimum atomic E-state index is 0.253. The molecule has 0 saturated heterocycles. The molecule has 0 aliphatic rings. The van der Waals surface area contributed by atoms with Gasteiger partial charge in [0, 0.05) is 22.3 Å². The zero-order valence-electron chi connectivity index (χ0n) is 11.6. The number of benzene rings is 2. The van der Waals surface area contributed by atoms with Gasteiger partial charge in [-0.1, -0.05) is 23.7 Å². The van der Waals surface area contributed by atoms with E-state index in [0.29, 0.717) is 40.8 Å². The molecule has 0 aliphatic carbocycles. The number of aldehydes is 2. The zero-order chi connectivity index (χ0) is 15.4. The first-order chi connectivity index (χ1) is 10.2. The number of hydrogen-bond donors (Lipinski definition) is 0.